The maximum absolute atomic E-state index is 12.1. The zero-order valence-electron chi connectivity index (χ0n) is 12.3. The largest absolute Gasteiger partial charge is 0.351 e. The molecule has 5 heteroatoms. The van der Waals surface area contributed by atoms with E-state index in [-0.39, 0.29) is 11.9 Å². The van der Waals surface area contributed by atoms with Crippen molar-refractivity contribution in [1.82, 2.24) is 15.5 Å². The fourth-order valence-corrected chi connectivity index (χ4v) is 3.88. The summed E-state index contributed by atoms with van der Waals surface area (Å²) in [6.07, 6.45) is 2.62. The van der Waals surface area contributed by atoms with E-state index in [2.05, 4.69) is 39.8 Å². The third kappa shape index (κ3) is 3.99. The number of carbonyl (C=O) groups is 1. The van der Waals surface area contributed by atoms with Crippen LogP contribution < -0.4 is 10.6 Å². The number of hydrogen-bond acceptors (Lipinski definition) is 4. The molecule has 0 aromatic heterocycles. The van der Waals surface area contributed by atoms with Gasteiger partial charge in [-0.15, -0.1) is 11.8 Å². The van der Waals surface area contributed by atoms with Crippen LogP contribution in [0, 0.1) is 0 Å². The molecule has 3 rings (SSSR count). The molecule has 114 valence electrons. The SMILES string of the molecule is O=C(NCc1ccccc1CN1CCCC1)C1CSCN1. The quantitative estimate of drug-likeness (QED) is 0.866. The Morgan fingerprint density at radius 2 is 2.05 bits per heavy atom. The molecule has 1 aromatic rings. The predicted molar refractivity (Wildman–Crippen MR) is 87.0 cm³/mol. The van der Waals surface area contributed by atoms with E-state index < -0.39 is 0 Å². The molecule has 2 saturated heterocycles. The first-order chi connectivity index (χ1) is 10.3. The van der Waals surface area contributed by atoms with Crippen LogP contribution in [0.25, 0.3) is 0 Å². The fraction of sp³-hybridized carbons (Fsp3) is 0.562. The second-order valence-corrected chi connectivity index (χ2v) is 6.77. The van der Waals surface area contributed by atoms with Crippen molar-refractivity contribution in [3.8, 4) is 0 Å². The number of carbonyl (C=O) groups excluding carboxylic acids is 1. The molecule has 1 unspecified atom stereocenters. The van der Waals surface area contributed by atoms with Crippen LogP contribution in [0.15, 0.2) is 24.3 Å². The molecule has 2 aliphatic rings. The van der Waals surface area contributed by atoms with E-state index in [4.69, 9.17) is 0 Å². The molecule has 0 aliphatic carbocycles. The zero-order chi connectivity index (χ0) is 14.5. The molecular formula is C16H23N3OS. The number of benzene rings is 1. The van der Waals surface area contributed by atoms with E-state index in [1.54, 1.807) is 11.8 Å². The van der Waals surface area contributed by atoms with Crippen molar-refractivity contribution in [2.75, 3.05) is 24.7 Å². The number of nitrogens with one attached hydrogen (secondary N) is 2. The van der Waals surface area contributed by atoms with Crippen molar-refractivity contribution < 1.29 is 4.79 Å². The highest BCUT2D eigenvalue weighted by atomic mass is 32.2. The van der Waals surface area contributed by atoms with Crippen LogP contribution in [0.1, 0.15) is 24.0 Å². The van der Waals surface area contributed by atoms with Gasteiger partial charge in [0.1, 0.15) is 0 Å². The van der Waals surface area contributed by atoms with Crippen LogP contribution in [-0.2, 0) is 17.9 Å². The van der Waals surface area contributed by atoms with E-state index in [0.717, 1.165) is 18.2 Å². The van der Waals surface area contributed by atoms with Crippen molar-refractivity contribution in [1.29, 1.82) is 0 Å². The Morgan fingerprint density at radius 1 is 1.29 bits per heavy atom. The second-order valence-electron chi connectivity index (χ2n) is 5.74. The maximum Gasteiger partial charge on any atom is 0.238 e. The summed E-state index contributed by atoms with van der Waals surface area (Å²) < 4.78 is 0. The van der Waals surface area contributed by atoms with Crippen molar-refractivity contribution in [3.63, 3.8) is 0 Å². The van der Waals surface area contributed by atoms with E-state index in [9.17, 15) is 4.79 Å². The van der Waals surface area contributed by atoms with E-state index in [1.807, 2.05) is 0 Å². The number of thioether (sulfide) groups is 1. The maximum atomic E-state index is 12.1. The van der Waals surface area contributed by atoms with Crippen molar-refractivity contribution >= 4 is 17.7 Å². The highest BCUT2D eigenvalue weighted by Crippen LogP contribution is 2.16. The topological polar surface area (TPSA) is 44.4 Å². The normalized spacial score (nSPS) is 22.6. The van der Waals surface area contributed by atoms with Gasteiger partial charge in [-0.25, -0.2) is 0 Å². The molecule has 1 aromatic carbocycles. The Bertz CT molecular complexity index is 482. The molecule has 0 bridgehead atoms. The standard InChI is InChI=1S/C16H23N3OS/c20-16(15-11-21-12-18-15)17-9-13-5-1-2-6-14(13)10-19-7-3-4-8-19/h1-2,5-6,15,18H,3-4,7-12H2,(H,17,20). The average molecular weight is 305 g/mol. The fourth-order valence-electron chi connectivity index (χ4n) is 2.93. The summed E-state index contributed by atoms with van der Waals surface area (Å²) >= 11 is 1.78. The molecule has 0 spiro atoms. The summed E-state index contributed by atoms with van der Waals surface area (Å²) in [6, 6.07) is 8.43. The molecule has 2 heterocycles. The van der Waals surface area contributed by atoms with Gasteiger partial charge in [0.15, 0.2) is 0 Å². The first-order valence-corrected chi connectivity index (χ1v) is 8.86. The summed E-state index contributed by atoms with van der Waals surface area (Å²) in [5, 5.41) is 6.28. The van der Waals surface area contributed by atoms with E-state index in [0.29, 0.717) is 6.54 Å². The van der Waals surface area contributed by atoms with Gasteiger partial charge in [0, 0.05) is 24.7 Å². The van der Waals surface area contributed by atoms with E-state index >= 15 is 0 Å². The van der Waals surface area contributed by atoms with Crippen LogP contribution in [0.2, 0.25) is 0 Å². The van der Waals surface area contributed by atoms with Crippen LogP contribution >= 0.6 is 11.8 Å². The first kappa shape index (κ1) is 14.9. The lowest BCUT2D eigenvalue weighted by atomic mass is 10.1. The highest BCUT2D eigenvalue weighted by molar-refractivity contribution is 7.99. The number of hydrogen-bond donors (Lipinski definition) is 2. The number of amides is 1. The summed E-state index contributed by atoms with van der Waals surface area (Å²) in [5.41, 5.74) is 2.58. The molecule has 1 amide bonds. The minimum atomic E-state index is -0.0271. The molecule has 0 radical (unpaired) electrons. The van der Waals surface area contributed by atoms with Gasteiger partial charge in [0.05, 0.1) is 6.04 Å². The van der Waals surface area contributed by atoms with Gasteiger partial charge in [-0.05, 0) is 37.1 Å². The monoisotopic (exact) mass is 305 g/mol. The minimum absolute atomic E-state index is 0.0271. The van der Waals surface area contributed by atoms with Crippen molar-refractivity contribution in [2.45, 2.75) is 32.0 Å². The molecule has 2 fully saturated rings. The Labute approximate surface area is 130 Å². The zero-order valence-corrected chi connectivity index (χ0v) is 13.1. The lowest BCUT2D eigenvalue weighted by Gasteiger charge is -2.18. The number of likely N-dealkylation sites (tertiary alicyclic amines) is 1. The van der Waals surface area contributed by atoms with Gasteiger partial charge in [0.25, 0.3) is 0 Å². The van der Waals surface area contributed by atoms with Crippen molar-refractivity contribution in [3.05, 3.63) is 35.4 Å². The van der Waals surface area contributed by atoms with Gasteiger partial charge in [-0.3, -0.25) is 15.0 Å². The molecule has 21 heavy (non-hydrogen) atoms. The second kappa shape index (κ2) is 7.29. The molecule has 2 aliphatic heterocycles. The molecular weight excluding hydrogens is 282 g/mol. The van der Waals surface area contributed by atoms with Crippen LogP contribution in [0.5, 0.6) is 0 Å². The van der Waals surface area contributed by atoms with Gasteiger partial charge in [-0.2, -0.15) is 0 Å². The number of rotatable bonds is 5. The summed E-state index contributed by atoms with van der Waals surface area (Å²) in [6.45, 7) is 4.03. The molecule has 0 saturated carbocycles. The Morgan fingerprint density at radius 3 is 2.76 bits per heavy atom. The Balaban J connectivity index is 1.57. The minimum Gasteiger partial charge on any atom is -0.351 e. The average Bonchev–Trinajstić information content (AvgIpc) is 3.19. The summed E-state index contributed by atoms with van der Waals surface area (Å²) in [4.78, 5) is 14.6. The van der Waals surface area contributed by atoms with Crippen LogP contribution in [-0.4, -0.2) is 41.6 Å². The van der Waals surface area contributed by atoms with Gasteiger partial charge in [-0.1, -0.05) is 24.3 Å². The first-order valence-electron chi connectivity index (χ1n) is 7.71. The Kier molecular flexibility index (Phi) is 5.17. The highest BCUT2D eigenvalue weighted by Gasteiger charge is 2.22. The molecule has 4 nitrogen and oxygen atoms in total. The van der Waals surface area contributed by atoms with Gasteiger partial charge in [0.2, 0.25) is 5.91 Å². The predicted octanol–water partition coefficient (Wildman–Crippen LogP) is 1.56. The van der Waals surface area contributed by atoms with Crippen LogP contribution in [0.3, 0.4) is 0 Å². The third-order valence-corrected chi connectivity index (χ3v) is 5.14. The molecule has 2 N–H and O–H groups in total. The van der Waals surface area contributed by atoms with Crippen molar-refractivity contribution in [2.24, 2.45) is 0 Å². The smallest absolute Gasteiger partial charge is 0.238 e. The van der Waals surface area contributed by atoms with E-state index in [1.165, 1.54) is 37.1 Å². The summed E-state index contributed by atoms with van der Waals surface area (Å²) in [5.74, 6) is 1.88. The van der Waals surface area contributed by atoms with Gasteiger partial charge >= 0.3 is 0 Å². The molecule has 1 atom stereocenters. The summed E-state index contributed by atoms with van der Waals surface area (Å²) in [7, 11) is 0. The Hall–Kier alpha value is -1.04. The number of nitrogens with zero attached hydrogens (tertiary/aromatic N) is 1. The van der Waals surface area contributed by atoms with Gasteiger partial charge < -0.3 is 5.32 Å². The third-order valence-electron chi connectivity index (χ3n) is 4.20. The van der Waals surface area contributed by atoms with Crippen LogP contribution in [0.4, 0.5) is 0 Å². The lowest BCUT2D eigenvalue weighted by molar-refractivity contribution is -0.122. The lowest BCUT2D eigenvalue weighted by Crippen LogP contribution is -2.41.